The zero-order valence-corrected chi connectivity index (χ0v) is 26.5. The van der Waals surface area contributed by atoms with Crippen molar-refractivity contribution < 1.29 is 14.2 Å². The van der Waals surface area contributed by atoms with Crippen molar-refractivity contribution in [2.75, 3.05) is 11.9 Å². The van der Waals surface area contributed by atoms with Gasteiger partial charge in [-0.05, 0) is 82.8 Å². The Morgan fingerprint density at radius 2 is 1.20 bits per heavy atom. The highest BCUT2D eigenvalue weighted by Crippen LogP contribution is 2.40. The lowest BCUT2D eigenvalue weighted by Gasteiger charge is -2.14. The van der Waals surface area contributed by atoms with Gasteiger partial charge in [-0.1, -0.05) is 102 Å². The van der Waals surface area contributed by atoms with Crippen molar-refractivity contribution in [2.24, 2.45) is 0 Å². The quantitative estimate of drug-likeness (QED) is 0.117. The maximum Gasteiger partial charge on any atom is 0.129 e. The number of rotatable bonds is 13. The molecule has 0 aliphatic heterocycles. The van der Waals surface area contributed by atoms with Gasteiger partial charge in [0.2, 0.25) is 0 Å². The Balaban J connectivity index is 1.38. The van der Waals surface area contributed by atoms with Crippen LogP contribution in [0.3, 0.4) is 0 Å². The maximum absolute atomic E-state index is 6.49. The van der Waals surface area contributed by atoms with Crippen LogP contribution in [0.4, 0.5) is 0 Å². The van der Waals surface area contributed by atoms with Gasteiger partial charge in [-0.2, -0.15) is 0 Å². The smallest absolute Gasteiger partial charge is 0.129 e. The van der Waals surface area contributed by atoms with Crippen LogP contribution in [-0.2, 0) is 26.2 Å². The molecule has 222 valence electrons. The summed E-state index contributed by atoms with van der Waals surface area (Å²) < 4.78 is 20.8. The molecule has 6 rings (SSSR count). The number of hydrogen-bond acceptors (Lipinski definition) is 3. The van der Waals surface area contributed by atoms with Gasteiger partial charge in [0.25, 0.3) is 0 Å². The fourth-order valence-electron chi connectivity index (χ4n) is 5.62. The predicted octanol–water partition coefficient (Wildman–Crippen LogP) is 9.85. The van der Waals surface area contributed by atoms with Gasteiger partial charge in [0.1, 0.15) is 30.5 Å². The summed E-state index contributed by atoms with van der Waals surface area (Å²) in [5.74, 6) is 2.64. The summed E-state index contributed by atoms with van der Waals surface area (Å²) in [5, 5.41) is 1.97. The predicted molar refractivity (Wildman–Crippen MR) is 183 cm³/mol. The van der Waals surface area contributed by atoms with Crippen molar-refractivity contribution in [3.8, 4) is 28.5 Å². The Kier molecular flexibility index (Phi) is 9.63. The maximum atomic E-state index is 6.49. The minimum atomic E-state index is 0.521. The van der Waals surface area contributed by atoms with E-state index in [1.54, 1.807) is 0 Å². The van der Waals surface area contributed by atoms with E-state index >= 15 is 0 Å². The van der Waals surface area contributed by atoms with Crippen LogP contribution in [0.25, 0.3) is 22.2 Å². The average molecular weight is 647 g/mol. The zero-order valence-electron chi connectivity index (χ0n) is 24.9. The molecule has 5 aromatic carbocycles. The highest BCUT2D eigenvalue weighted by atomic mass is 79.9. The fraction of sp³-hybridized carbons (Fsp3) is 0.179. The highest BCUT2D eigenvalue weighted by molar-refractivity contribution is 9.09. The Morgan fingerprint density at radius 3 is 1.84 bits per heavy atom. The largest absolute Gasteiger partial charge is 0.493 e. The van der Waals surface area contributed by atoms with Gasteiger partial charge >= 0.3 is 0 Å². The van der Waals surface area contributed by atoms with Crippen molar-refractivity contribution >= 4 is 26.8 Å². The normalized spacial score (nSPS) is 11.0. The van der Waals surface area contributed by atoms with E-state index in [1.807, 2.05) is 24.3 Å². The number of nitrogens with zero attached hydrogens (tertiary/aromatic N) is 1. The van der Waals surface area contributed by atoms with E-state index in [0.29, 0.717) is 19.8 Å². The van der Waals surface area contributed by atoms with Crippen LogP contribution in [0, 0.1) is 0 Å². The summed E-state index contributed by atoms with van der Waals surface area (Å²) in [6.07, 6.45) is 0.871. The van der Waals surface area contributed by atoms with Crippen molar-refractivity contribution in [1.82, 2.24) is 4.57 Å². The third kappa shape index (κ3) is 6.84. The van der Waals surface area contributed by atoms with Crippen LogP contribution in [0.2, 0.25) is 0 Å². The molecule has 0 atom stereocenters. The number of halogens is 1. The molecule has 0 amide bonds. The summed E-state index contributed by atoms with van der Waals surface area (Å²) in [6, 6.07) is 43.9. The molecular formula is C39H36BrNO3. The number of aryl methyl sites for hydroxylation is 1. The molecule has 0 bridgehead atoms. The van der Waals surface area contributed by atoms with E-state index < -0.39 is 0 Å². The third-order valence-corrected chi connectivity index (χ3v) is 8.05. The number of hydrogen-bond donors (Lipinski definition) is 0. The topological polar surface area (TPSA) is 32.6 Å². The number of fused-ring (bicyclic) bond motifs is 1. The van der Waals surface area contributed by atoms with Gasteiger partial charge in [0.05, 0.1) is 17.8 Å². The molecule has 0 saturated heterocycles. The van der Waals surface area contributed by atoms with Crippen molar-refractivity contribution in [3.05, 3.63) is 150 Å². The van der Waals surface area contributed by atoms with Crippen LogP contribution in [0.5, 0.6) is 17.2 Å². The number of benzene rings is 5. The summed E-state index contributed by atoms with van der Waals surface area (Å²) in [5.41, 5.74) is 8.29. The molecule has 44 heavy (non-hydrogen) atoms. The SMILES string of the molecule is CCc1c(-c2ccc(OCc3ccccc3)cc2)n(Cc2ccc(OCCBr)cc2)c2cccc(OCc3ccccc3)c12. The number of ether oxygens (including phenoxy) is 3. The number of alkyl halides is 1. The fourth-order valence-corrected chi connectivity index (χ4v) is 5.79. The minimum Gasteiger partial charge on any atom is -0.493 e. The van der Waals surface area contributed by atoms with E-state index in [1.165, 1.54) is 22.2 Å². The summed E-state index contributed by atoms with van der Waals surface area (Å²) in [4.78, 5) is 0. The van der Waals surface area contributed by atoms with Crippen molar-refractivity contribution in [3.63, 3.8) is 0 Å². The molecule has 0 saturated carbocycles. The van der Waals surface area contributed by atoms with Crippen molar-refractivity contribution in [1.29, 1.82) is 0 Å². The van der Waals surface area contributed by atoms with Crippen LogP contribution in [0.15, 0.2) is 127 Å². The van der Waals surface area contributed by atoms with Crippen LogP contribution < -0.4 is 14.2 Å². The van der Waals surface area contributed by atoms with E-state index in [2.05, 4.69) is 131 Å². The second-order valence-corrected chi connectivity index (χ2v) is 11.5. The molecule has 1 aromatic heterocycles. The van der Waals surface area contributed by atoms with Gasteiger partial charge in [0, 0.05) is 17.3 Å². The van der Waals surface area contributed by atoms with Crippen molar-refractivity contribution in [2.45, 2.75) is 33.1 Å². The van der Waals surface area contributed by atoms with Crippen LogP contribution in [0.1, 0.15) is 29.2 Å². The van der Waals surface area contributed by atoms with E-state index in [4.69, 9.17) is 14.2 Å². The van der Waals surface area contributed by atoms with Gasteiger partial charge in [-0.25, -0.2) is 0 Å². The molecule has 0 N–H and O–H groups in total. The minimum absolute atomic E-state index is 0.521. The highest BCUT2D eigenvalue weighted by Gasteiger charge is 2.21. The first-order valence-electron chi connectivity index (χ1n) is 15.1. The second-order valence-electron chi connectivity index (χ2n) is 10.7. The Hall–Kier alpha value is -4.48. The summed E-state index contributed by atoms with van der Waals surface area (Å²) >= 11 is 3.44. The molecule has 0 fully saturated rings. The monoisotopic (exact) mass is 645 g/mol. The molecule has 5 heteroatoms. The molecule has 0 unspecified atom stereocenters. The first-order valence-corrected chi connectivity index (χ1v) is 16.2. The number of aromatic nitrogens is 1. The summed E-state index contributed by atoms with van der Waals surface area (Å²) in [6.45, 7) is 4.65. The molecule has 4 nitrogen and oxygen atoms in total. The van der Waals surface area contributed by atoms with Gasteiger partial charge in [-0.15, -0.1) is 0 Å². The first kappa shape index (κ1) is 29.6. The van der Waals surface area contributed by atoms with Gasteiger partial charge in [-0.3, -0.25) is 0 Å². The summed E-state index contributed by atoms with van der Waals surface area (Å²) in [7, 11) is 0. The first-order chi connectivity index (χ1) is 21.7. The second kappa shape index (κ2) is 14.3. The van der Waals surface area contributed by atoms with Gasteiger partial charge in [0.15, 0.2) is 0 Å². The molecule has 1 heterocycles. The molecular weight excluding hydrogens is 610 g/mol. The van der Waals surface area contributed by atoms with Crippen LogP contribution >= 0.6 is 15.9 Å². The molecule has 0 spiro atoms. The van der Waals surface area contributed by atoms with E-state index in [0.717, 1.165) is 57.8 Å². The molecule has 0 radical (unpaired) electrons. The lowest BCUT2D eigenvalue weighted by atomic mass is 10.0. The van der Waals surface area contributed by atoms with Gasteiger partial charge < -0.3 is 18.8 Å². The Labute approximate surface area is 268 Å². The molecule has 6 aromatic rings. The van der Waals surface area contributed by atoms with Crippen LogP contribution in [-0.4, -0.2) is 16.5 Å². The Bertz CT molecular complexity index is 1780. The third-order valence-electron chi connectivity index (χ3n) is 7.73. The standard InChI is InChI=1S/C39H36BrNO3/c1-2-35-38-36(14-9-15-37(38)44-28-31-12-7-4-8-13-31)41(26-29-16-20-33(21-17-29)42-25-24-40)39(35)32-18-22-34(23-19-32)43-27-30-10-5-3-6-11-30/h3-23H,2,24-28H2,1H3. The molecule has 0 aliphatic rings. The zero-order chi connectivity index (χ0) is 30.1. The van der Waals surface area contributed by atoms with E-state index in [9.17, 15) is 0 Å². The van der Waals surface area contributed by atoms with E-state index in [-0.39, 0.29) is 0 Å². The average Bonchev–Trinajstić information content (AvgIpc) is 3.40. The molecule has 0 aliphatic carbocycles. The lowest BCUT2D eigenvalue weighted by molar-refractivity contribution is 0.306. The Morgan fingerprint density at radius 1 is 0.591 bits per heavy atom. The lowest BCUT2D eigenvalue weighted by Crippen LogP contribution is -2.03.